The molecule has 134 valence electrons. The van der Waals surface area contributed by atoms with Gasteiger partial charge in [-0.05, 0) is 37.0 Å². The number of urea groups is 1. The smallest absolute Gasteiger partial charge is 0.315 e. The van der Waals surface area contributed by atoms with Gasteiger partial charge in [0.15, 0.2) is 0 Å². The molecular formula is C19H36N2O2. The second kappa shape index (κ2) is 10.2. The molecule has 0 saturated heterocycles. The Morgan fingerprint density at radius 2 is 1.57 bits per heavy atom. The first kappa shape index (κ1) is 18.6. The molecule has 0 aromatic heterocycles. The zero-order valence-corrected chi connectivity index (χ0v) is 14.9. The highest BCUT2D eigenvalue weighted by atomic mass is 16.3. The Hall–Kier alpha value is -0.770. The third-order valence-electron chi connectivity index (χ3n) is 6.01. The predicted octanol–water partition coefficient (Wildman–Crippen LogP) is 3.83. The Kier molecular flexibility index (Phi) is 8.21. The molecule has 2 fully saturated rings. The molecule has 4 heteroatoms. The van der Waals surface area contributed by atoms with Crippen molar-refractivity contribution in [3.8, 4) is 0 Å². The number of aliphatic hydroxyl groups is 1. The van der Waals surface area contributed by atoms with Gasteiger partial charge in [-0.15, -0.1) is 0 Å². The van der Waals surface area contributed by atoms with Crippen LogP contribution in [0.4, 0.5) is 4.79 Å². The topological polar surface area (TPSA) is 61.4 Å². The van der Waals surface area contributed by atoms with Gasteiger partial charge in [-0.2, -0.15) is 0 Å². The number of carbonyl (C=O) groups is 1. The van der Waals surface area contributed by atoms with Gasteiger partial charge < -0.3 is 15.7 Å². The Bertz CT molecular complexity index is 336. The van der Waals surface area contributed by atoms with Crippen LogP contribution in [0.15, 0.2) is 0 Å². The molecular weight excluding hydrogens is 288 g/mol. The molecule has 0 heterocycles. The molecule has 0 bridgehead atoms. The SMILES string of the molecule is CC(CNC(=O)NC(CCO)C1CCCCC1)C1CCCCC1. The zero-order valence-electron chi connectivity index (χ0n) is 14.9. The van der Waals surface area contributed by atoms with E-state index in [1.165, 1.54) is 64.2 Å². The number of carbonyl (C=O) groups excluding carboxylic acids is 1. The largest absolute Gasteiger partial charge is 0.396 e. The van der Waals surface area contributed by atoms with Crippen LogP contribution in [0, 0.1) is 17.8 Å². The zero-order chi connectivity index (χ0) is 16.5. The molecule has 0 aromatic rings. The average Bonchev–Trinajstić information content (AvgIpc) is 2.61. The third kappa shape index (κ3) is 6.33. The minimum absolute atomic E-state index is 0.0447. The highest BCUT2D eigenvalue weighted by molar-refractivity contribution is 5.74. The van der Waals surface area contributed by atoms with Gasteiger partial charge in [-0.25, -0.2) is 4.79 Å². The van der Waals surface area contributed by atoms with Crippen molar-refractivity contribution in [1.29, 1.82) is 0 Å². The molecule has 2 saturated carbocycles. The van der Waals surface area contributed by atoms with E-state index in [1.807, 2.05) is 0 Å². The summed E-state index contributed by atoms with van der Waals surface area (Å²) >= 11 is 0. The monoisotopic (exact) mass is 324 g/mol. The van der Waals surface area contributed by atoms with Crippen LogP contribution in [0.5, 0.6) is 0 Å². The van der Waals surface area contributed by atoms with Crippen molar-refractivity contribution in [2.24, 2.45) is 17.8 Å². The fourth-order valence-corrected chi connectivity index (χ4v) is 4.44. The first-order valence-corrected chi connectivity index (χ1v) is 9.86. The van der Waals surface area contributed by atoms with Crippen LogP contribution in [0.25, 0.3) is 0 Å². The van der Waals surface area contributed by atoms with E-state index < -0.39 is 0 Å². The number of nitrogens with one attached hydrogen (secondary N) is 2. The van der Waals surface area contributed by atoms with Gasteiger partial charge in [0.1, 0.15) is 0 Å². The van der Waals surface area contributed by atoms with E-state index in [0.717, 1.165) is 12.5 Å². The van der Waals surface area contributed by atoms with Crippen LogP contribution in [-0.2, 0) is 0 Å². The Balaban J connectivity index is 1.72. The van der Waals surface area contributed by atoms with Crippen molar-refractivity contribution in [1.82, 2.24) is 10.6 Å². The number of rotatable bonds is 7. The molecule has 2 amide bonds. The van der Waals surface area contributed by atoms with E-state index in [2.05, 4.69) is 17.6 Å². The van der Waals surface area contributed by atoms with E-state index >= 15 is 0 Å². The fourth-order valence-electron chi connectivity index (χ4n) is 4.44. The summed E-state index contributed by atoms with van der Waals surface area (Å²) in [4.78, 5) is 12.3. The summed E-state index contributed by atoms with van der Waals surface area (Å²) in [5, 5.41) is 15.5. The molecule has 2 unspecified atom stereocenters. The van der Waals surface area contributed by atoms with Gasteiger partial charge in [-0.1, -0.05) is 58.3 Å². The van der Waals surface area contributed by atoms with Gasteiger partial charge in [-0.3, -0.25) is 0 Å². The third-order valence-corrected chi connectivity index (χ3v) is 6.01. The van der Waals surface area contributed by atoms with Crippen molar-refractivity contribution in [3.63, 3.8) is 0 Å². The molecule has 2 rings (SSSR count). The van der Waals surface area contributed by atoms with E-state index in [4.69, 9.17) is 0 Å². The van der Waals surface area contributed by atoms with Crippen molar-refractivity contribution >= 4 is 6.03 Å². The number of hydrogen-bond acceptors (Lipinski definition) is 2. The van der Waals surface area contributed by atoms with E-state index in [-0.39, 0.29) is 18.7 Å². The number of hydrogen-bond donors (Lipinski definition) is 3. The fraction of sp³-hybridized carbons (Fsp3) is 0.947. The van der Waals surface area contributed by atoms with Crippen molar-refractivity contribution < 1.29 is 9.90 Å². The highest BCUT2D eigenvalue weighted by Crippen LogP contribution is 2.30. The van der Waals surface area contributed by atoms with Crippen LogP contribution >= 0.6 is 0 Å². The molecule has 0 aromatic carbocycles. The summed E-state index contributed by atoms with van der Waals surface area (Å²) in [6.45, 7) is 3.19. The van der Waals surface area contributed by atoms with Crippen molar-refractivity contribution in [2.45, 2.75) is 83.6 Å². The van der Waals surface area contributed by atoms with Gasteiger partial charge in [0.2, 0.25) is 0 Å². The second-order valence-corrected chi connectivity index (χ2v) is 7.75. The van der Waals surface area contributed by atoms with Gasteiger partial charge in [0.05, 0.1) is 0 Å². The highest BCUT2D eigenvalue weighted by Gasteiger charge is 2.25. The van der Waals surface area contributed by atoms with Crippen LogP contribution in [-0.4, -0.2) is 30.3 Å². The minimum atomic E-state index is -0.0447. The Morgan fingerprint density at radius 1 is 1.00 bits per heavy atom. The van der Waals surface area contributed by atoms with Crippen LogP contribution in [0.3, 0.4) is 0 Å². The van der Waals surface area contributed by atoms with Crippen LogP contribution in [0.2, 0.25) is 0 Å². The van der Waals surface area contributed by atoms with Crippen molar-refractivity contribution in [3.05, 3.63) is 0 Å². The number of aliphatic hydroxyl groups excluding tert-OH is 1. The summed E-state index contributed by atoms with van der Waals surface area (Å²) in [6, 6.07) is 0.0852. The molecule has 0 spiro atoms. The maximum Gasteiger partial charge on any atom is 0.315 e. The normalized spacial score (nSPS) is 23.2. The lowest BCUT2D eigenvalue weighted by atomic mass is 9.81. The summed E-state index contributed by atoms with van der Waals surface area (Å²) in [5.74, 6) is 1.88. The molecule has 4 nitrogen and oxygen atoms in total. The molecule has 2 aliphatic rings. The lowest BCUT2D eigenvalue weighted by molar-refractivity contribution is 0.193. The molecule has 0 radical (unpaired) electrons. The lowest BCUT2D eigenvalue weighted by Crippen LogP contribution is -2.47. The average molecular weight is 325 g/mol. The van der Waals surface area contributed by atoms with Gasteiger partial charge in [0.25, 0.3) is 0 Å². The van der Waals surface area contributed by atoms with E-state index in [1.54, 1.807) is 0 Å². The van der Waals surface area contributed by atoms with Crippen molar-refractivity contribution in [2.75, 3.05) is 13.2 Å². The summed E-state index contributed by atoms with van der Waals surface area (Å²) < 4.78 is 0. The summed E-state index contributed by atoms with van der Waals surface area (Å²) in [7, 11) is 0. The maximum absolute atomic E-state index is 12.3. The summed E-state index contributed by atoms with van der Waals surface area (Å²) in [5.41, 5.74) is 0. The Morgan fingerprint density at radius 3 is 2.13 bits per heavy atom. The molecule has 2 aliphatic carbocycles. The van der Waals surface area contributed by atoms with Crippen LogP contribution in [0.1, 0.15) is 77.6 Å². The first-order valence-electron chi connectivity index (χ1n) is 9.86. The Labute approximate surface area is 141 Å². The van der Waals surface area contributed by atoms with Gasteiger partial charge >= 0.3 is 6.03 Å². The molecule has 23 heavy (non-hydrogen) atoms. The van der Waals surface area contributed by atoms with E-state index in [9.17, 15) is 9.90 Å². The predicted molar refractivity (Wildman–Crippen MR) is 94.3 cm³/mol. The number of amides is 2. The first-order chi connectivity index (χ1) is 11.2. The molecule has 0 aliphatic heterocycles. The van der Waals surface area contributed by atoms with Crippen LogP contribution < -0.4 is 10.6 Å². The van der Waals surface area contributed by atoms with Gasteiger partial charge in [0, 0.05) is 19.2 Å². The maximum atomic E-state index is 12.3. The quantitative estimate of drug-likeness (QED) is 0.666. The second-order valence-electron chi connectivity index (χ2n) is 7.75. The minimum Gasteiger partial charge on any atom is -0.396 e. The molecule has 2 atom stereocenters. The lowest BCUT2D eigenvalue weighted by Gasteiger charge is -2.31. The standard InChI is InChI=1S/C19H36N2O2/c1-15(16-8-4-2-5-9-16)14-20-19(23)21-18(12-13-22)17-10-6-3-7-11-17/h15-18,22H,2-14H2,1H3,(H2,20,21,23). The summed E-state index contributed by atoms with van der Waals surface area (Å²) in [6.07, 6.45) is 13.6. The molecule has 3 N–H and O–H groups in total. The van der Waals surface area contributed by atoms with E-state index in [0.29, 0.717) is 18.3 Å².